The zero-order valence-electron chi connectivity index (χ0n) is 20.0. The van der Waals surface area contributed by atoms with Gasteiger partial charge in [0.2, 0.25) is 10.0 Å². The molecule has 1 amide bonds. The van der Waals surface area contributed by atoms with Gasteiger partial charge in [0.25, 0.3) is 5.91 Å². The fourth-order valence-electron chi connectivity index (χ4n) is 3.17. The Kier molecular flexibility index (Phi) is 8.86. The number of sulfonamides is 1. The molecule has 0 heterocycles. The summed E-state index contributed by atoms with van der Waals surface area (Å²) in [5.41, 5.74) is 5.68. The second-order valence-electron chi connectivity index (χ2n) is 7.81. The van der Waals surface area contributed by atoms with E-state index in [0.29, 0.717) is 24.7 Å². The summed E-state index contributed by atoms with van der Waals surface area (Å²) in [6, 6.07) is 22.0. The van der Waals surface area contributed by atoms with Crippen molar-refractivity contribution in [1.82, 2.24) is 5.43 Å². The largest absolute Gasteiger partial charge is 0.492 e. The van der Waals surface area contributed by atoms with Crippen LogP contribution in [-0.4, -0.2) is 39.9 Å². The standard InChI is InChI=1S/C26H29N3O5S/c1-4-33-25-8-6-5-7-24(25)29(35(3,31)32)18-26(30)28-27-17-21-13-15-23(16-14-21)34-19-22-11-9-20(2)10-12-22/h5-17H,4,18-19H2,1-3H3,(H,28,30)/b27-17-. The van der Waals surface area contributed by atoms with Gasteiger partial charge in [0.1, 0.15) is 24.7 Å². The first-order valence-corrected chi connectivity index (χ1v) is 12.9. The van der Waals surface area contributed by atoms with Crippen molar-refractivity contribution in [3.05, 3.63) is 89.5 Å². The Balaban J connectivity index is 1.57. The van der Waals surface area contributed by atoms with Gasteiger partial charge in [-0.2, -0.15) is 5.10 Å². The van der Waals surface area contributed by atoms with Crippen LogP contribution in [0.3, 0.4) is 0 Å². The summed E-state index contributed by atoms with van der Waals surface area (Å²) in [6.45, 7) is 4.22. The van der Waals surface area contributed by atoms with Crippen LogP contribution in [0.5, 0.6) is 11.5 Å². The number of carbonyl (C=O) groups is 1. The third-order valence-electron chi connectivity index (χ3n) is 4.93. The van der Waals surface area contributed by atoms with Gasteiger partial charge in [0, 0.05) is 0 Å². The van der Waals surface area contributed by atoms with Gasteiger partial charge >= 0.3 is 0 Å². The number of nitrogens with one attached hydrogen (secondary N) is 1. The first-order valence-electron chi connectivity index (χ1n) is 11.1. The van der Waals surface area contributed by atoms with Crippen LogP contribution in [0.1, 0.15) is 23.6 Å². The molecule has 0 spiro atoms. The van der Waals surface area contributed by atoms with Crippen molar-refractivity contribution >= 4 is 27.8 Å². The maximum absolute atomic E-state index is 12.4. The Morgan fingerprint density at radius 2 is 1.69 bits per heavy atom. The molecule has 0 fully saturated rings. The summed E-state index contributed by atoms with van der Waals surface area (Å²) in [4.78, 5) is 12.4. The van der Waals surface area contributed by atoms with Crippen molar-refractivity contribution in [2.75, 3.05) is 23.7 Å². The number of hydrogen-bond donors (Lipinski definition) is 1. The maximum atomic E-state index is 12.4. The van der Waals surface area contributed by atoms with Crippen molar-refractivity contribution in [3.8, 4) is 11.5 Å². The normalized spacial score (nSPS) is 11.3. The van der Waals surface area contributed by atoms with Gasteiger partial charge in [0.05, 0.1) is 24.8 Å². The van der Waals surface area contributed by atoms with Crippen LogP contribution in [0, 0.1) is 6.92 Å². The average molecular weight is 496 g/mol. The number of benzene rings is 3. The number of rotatable bonds is 11. The quantitative estimate of drug-likeness (QED) is 0.322. The molecule has 0 radical (unpaired) electrons. The highest BCUT2D eigenvalue weighted by atomic mass is 32.2. The average Bonchev–Trinajstić information content (AvgIpc) is 2.83. The summed E-state index contributed by atoms with van der Waals surface area (Å²) >= 11 is 0. The highest BCUT2D eigenvalue weighted by Gasteiger charge is 2.23. The fourth-order valence-corrected chi connectivity index (χ4v) is 4.03. The minimum absolute atomic E-state index is 0.289. The molecule has 0 unspecified atom stereocenters. The molecule has 0 aromatic heterocycles. The summed E-state index contributed by atoms with van der Waals surface area (Å²) in [6.07, 6.45) is 2.51. The summed E-state index contributed by atoms with van der Waals surface area (Å²) < 4.78 is 37.0. The molecule has 0 atom stereocenters. The van der Waals surface area contributed by atoms with Gasteiger partial charge in [-0.05, 0) is 61.4 Å². The summed E-state index contributed by atoms with van der Waals surface area (Å²) in [7, 11) is -3.74. The highest BCUT2D eigenvalue weighted by Crippen LogP contribution is 2.29. The lowest BCUT2D eigenvalue weighted by Gasteiger charge is -2.23. The maximum Gasteiger partial charge on any atom is 0.260 e. The Hall–Kier alpha value is -3.85. The molecule has 0 saturated carbocycles. The highest BCUT2D eigenvalue weighted by molar-refractivity contribution is 7.92. The van der Waals surface area contributed by atoms with Crippen molar-refractivity contribution in [2.45, 2.75) is 20.5 Å². The molecule has 3 aromatic carbocycles. The molecule has 0 bridgehead atoms. The molecule has 0 aliphatic heterocycles. The minimum atomic E-state index is -3.74. The number of para-hydroxylation sites is 2. The molecular formula is C26H29N3O5S. The first-order chi connectivity index (χ1) is 16.8. The van der Waals surface area contributed by atoms with E-state index in [1.54, 1.807) is 43.3 Å². The lowest BCUT2D eigenvalue weighted by molar-refractivity contribution is -0.119. The van der Waals surface area contributed by atoms with E-state index in [1.807, 2.05) is 43.3 Å². The predicted octanol–water partition coefficient (Wildman–Crippen LogP) is 3.89. The monoisotopic (exact) mass is 495 g/mol. The van der Waals surface area contributed by atoms with E-state index in [9.17, 15) is 13.2 Å². The summed E-state index contributed by atoms with van der Waals surface area (Å²) in [5.74, 6) is 0.501. The van der Waals surface area contributed by atoms with Crippen molar-refractivity contribution in [2.24, 2.45) is 5.10 Å². The van der Waals surface area contributed by atoms with E-state index < -0.39 is 22.5 Å². The lowest BCUT2D eigenvalue weighted by Crippen LogP contribution is -2.39. The Bertz CT molecular complexity index is 1260. The van der Waals surface area contributed by atoms with Crippen LogP contribution in [0.25, 0.3) is 0 Å². The van der Waals surface area contributed by atoms with E-state index >= 15 is 0 Å². The van der Waals surface area contributed by atoms with Crippen molar-refractivity contribution in [3.63, 3.8) is 0 Å². The van der Waals surface area contributed by atoms with E-state index in [-0.39, 0.29) is 5.69 Å². The second-order valence-corrected chi connectivity index (χ2v) is 9.71. The Labute approximate surface area is 206 Å². The van der Waals surface area contributed by atoms with Gasteiger partial charge in [-0.3, -0.25) is 9.10 Å². The zero-order chi connectivity index (χ0) is 25.3. The second kappa shape index (κ2) is 12.0. The molecule has 8 nitrogen and oxygen atoms in total. The van der Waals surface area contributed by atoms with Gasteiger partial charge < -0.3 is 9.47 Å². The van der Waals surface area contributed by atoms with Gasteiger partial charge in [0.15, 0.2) is 0 Å². The van der Waals surface area contributed by atoms with Gasteiger partial charge in [-0.1, -0.05) is 42.0 Å². The molecule has 184 valence electrons. The number of carbonyl (C=O) groups excluding carboxylic acids is 1. The van der Waals surface area contributed by atoms with Crippen molar-refractivity contribution < 1.29 is 22.7 Å². The minimum Gasteiger partial charge on any atom is -0.492 e. The number of aryl methyl sites for hydroxylation is 1. The van der Waals surface area contributed by atoms with Crippen LogP contribution < -0.4 is 19.2 Å². The van der Waals surface area contributed by atoms with Gasteiger partial charge in [-0.25, -0.2) is 13.8 Å². The first kappa shape index (κ1) is 25.8. The zero-order valence-corrected chi connectivity index (χ0v) is 20.8. The topological polar surface area (TPSA) is 97.3 Å². The van der Waals surface area contributed by atoms with E-state index in [1.165, 1.54) is 11.8 Å². The van der Waals surface area contributed by atoms with E-state index in [4.69, 9.17) is 9.47 Å². The molecule has 0 saturated heterocycles. The number of hydrogen-bond acceptors (Lipinski definition) is 6. The lowest BCUT2D eigenvalue weighted by atomic mass is 10.2. The fraction of sp³-hybridized carbons (Fsp3) is 0.231. The Morgan fingerprint density at radius 3 is 2.34 bits per heavy atom. The number of amides is 1. The summed E-state index contributed by atoms with van der Waals surface area (Å²) in [5, 5.41) is 3.94. The molecule has 0 aliphatic rings. The van der Waals surface area contributed by atoms with Crippen LogP contribution in [0.15, 0.2) is 77.9 Å². The molecule has 1 N–H and O–H groups in total. The predicted molar refractivity (Wildman–Crippen MR) is 137 cm³/mol. The number of anilines is 1. The van der Waals surface area contributed by atoms with Crippen molar-refractivity contribution in [1.29, 1.82) is 0 Å². The molecule has 9 heteroatoms. The third-order valence-corrected chi connectivity index (χ3v) is 6.06. The molecule has 3 aromatic rings. The molecule has 3 rings (SSSR count). The number of ether oxygens (including phenoxy) is 2. The smallest absolute Gasteiger partial charge is 0.260 e. The van der Waals surface area contributed by atoms with Crippen LogP contribution in [0.4, 0.5) is 5.69 Å². The van der Waals surface area contributed by atoms with E-state index in [2.05, 4.69) is 10.5 Å². The molecule has 35 heavy (non-hydrogen) atoms. The number of hydrazone groups is 1. The van der Waals surface area contributed by atoms with Gasteiger partial charge in [-0.15, -0.1) is 0 Å². The molecule has 0 aliphatic carbocycles. The number of nitrogens with zero attached hydrogens (tertiary/aromatic N) is 2. The van der Waals surface area contributed by atoms with E-state index in [0.717, 1.165) is 21.7 Å². The third kappa shape index (κ3) is 7.86. The van der Waals surface area contributed by atoms with Crippen LogP contribution >= 0.6 is 0 Å². The molecular weight excluding hydrogens is 466 g/mol. The SMILES string of the molecule is CCOc1ccccc1N(CC(=O)N/N=C\c1ccc(OCc2ccc(C)cc2)cc1)S(C)(=O)=O. The van der Waals surface area contributed by atoms with Crippen LogP contribution in [-0.2, 0) is 21.4 Å². The van der Waals surface area contributed by atoms with Crippen LogP contribution in [0.2, 0.25) is 0 Å². The Morgan fingerprint density at radius 1 is 1.00 bits per heavy atom.